The Balaban J connectivity index is 1.43. The van der Waals surface area contributed by atoms with E-state index in [2.05, 4.69) is 40.6 Å². The lowest BCUT2D eigenvalue weighted by Gasteiger charge is -2.12. The van der Waals surface area contributed by atoms with Crippen molar-refractivity contribution in [2.24, 2.45) is 0 Å². The molecule has 0 bridgehead atoms. The van der Waals surface area contributed by atoms with Crippen LogP contribution >= 0.6 is 0 Å². The first-order chi connectivity index (χ1) is 9.83. The number of anilines is 1. The molecule has 1 aromatic carbocycles. The third-order valence-electron chi connectivity index (χ3n) is 3.90. The molecule has 0 spiro atoms. The molecule has 1 aromatic heterocycles. The zero-order valence-electron chi connectivity index (χ0n) is 12.0. The van der Waals surface area contributed by atoms with Crippen molar-refractivity contribution in [3.8, 4) is 0 Å². The summed E-state index contributed by atoms with van der Waals surface area (Å²) in [4.78, 5) is 2.33. The predicted molar refractivity (Wildman–Crippen MR) is 82.0 cm³/mol. The van der Waals surface area contributed by atoms with Gasteiger partial charge in [0, 0.05) is 44.8 Å². The number of rotatable bonds is 6. The maximum atomic E-state index is 4.20. The second kappa shape index (κ2) is 6.09. The Hall–Kier alpha value is -1.81. The molecule has 0 atom stereocenters. The van der Waals surface area contributed by atoms with E-state index in [1.165, 1.54) is 23.2 Å². The van der Waals surface area contributed by atoms with E-state index in [9.17, 15) is 0 Å². The lowest BCUT2D eigenvalue weighted by molar-refractivity contribution is 0.543. The smallest absolute Gasteiger partial charge is 0.0489 e. The predicted octanol–water partition coefficient (Wildman–Crippen LogP) is 2.06. The minimum atomic E-state index is 0.954. The SMILES string of the molecule is CN1CCc2cc(CNCCCn3cccn3)ccc21. The van der Waals surface area contributed by atoms with Crippen LogP contribution in [0.4, 0.5) is 5.69 Å². The summed E-state index contributed by atoms with van der Waals surface area (Å²) in [6, 6.07) is 8.80. The van der Waals surface area contributed by atoms with Gasteiger partial charge in [-0.2, -0.15) is 5.10 Å². The molecule has 2 aromatic rings. The van der Waals surface area contributed by atoms with Crippen molar-refractivity contribution in [3.63, 3.8) is 0 Å². The topological polar surface area (TPSA) is 33.1 Å². The Morgan fingerprint density at radius 3 is 3.15 bits per heavy atom. The standard InChI is InChI=1S/C16H22N4/c1-19-11-6-15-12-14(4-5-16(15)19)13-17-7-2-9-20-10-3-8-18-20/h3-5,8,10,12,17H,2,6-7,9,11,13H2,1H3. The van der Waals surface area contributed by atoms with E-state index in [1.54, 1.807) is 0 Å². The summed E-state index contributed by atoms with van der Waals surface area (Å²) in [5.74, 6) is 0. The third-order valence-corrected chi connectivity index (χ3v) is 3.90. The Bertz CT molecular complexity index is 548. The van der Waals surface area contributed by atoms with Gasteiger partial charge in [0.05, 0.1) is 0 Å². The van der Waals surface area contributed by atoms with Crippen LogP contribution in [0, 0.1) is 0 Å². The highest BCUT2D eigenvalue weighted by atomic mass is 15.3. The molecule has 0 radical (unpaired) electrons. The lowest BCUT2D eigenvalue weighted by atomic mass is 10.1. The summed E-state index contributed by atoms with van der Waals surface area (Å²) < 4.78 is 1.98. The first-order valence-corrected chi connectivity index (χ1v) is 7.34. The fraction of sp³-hybridized carbons (Fsp3) is 0.438. The molecule has 4 nitrogen and oxygen atoms in total. The second-order valence-corrected chi connectivity index (χ2v) is 5.43. The monoisotopic (exact) mass is 270 g/mol. The van der Waals surface area contributed by atoms with Gasteiger partial charge in [0.15, 0.2) is 0 Å². The van der Waals surface area contributed by atoms with Crippen LogP contribution in [0.3, 0.4) is 0 Å². The number of aryl methyl sites for hydroxylation is 1. The molecule has 3 rings (SSSR count). The molecule has 0 fully saturated rings. The van der Waals surface area contributed by atoms with Crippen molar-refractivity contribution >= 4 is 5.69 Å². The van der Waals surface area contributed by atoms with Crippen LogP contribution in [0.25, 0.3) is 0 Å². The molecule has 4 heteroatoms. The summed E-state index contributed by atoms with van der Waals surface area (Å²) in [5.41, 5.74) is 4.27. The van der Waals surface area contributed by atoms with Gasteiger partial charge in [-0.15, -0.1) is 0 Å². The highest BCUT2D eigenvalue weighted by Gasteiger charge is 2.15. The molecule has 0 unspecified atom stereocenters. The van der Waals surface area contributed by atoms with Gasteiger partial charge < -0.3 is 10.2 Å². The first-order valence-electron chi connectivity index (χ1n) is 7.34. The number of likely N-dealkylation sites (N-methyl/N-ethyl adjacent to an activating group) is 1. The Kier molecular flexibility index (Phi) is 4.02. The van der Waals surface area contributed by atoms with Crippen molar-refractivity contribution in [1.82, 2.24) is 15.1 Å². The number of nitrogens with one attached hydrogen (secondary N) is 1. The Morgan fingerprint density at radius 2 is 2.30 bits per heavy atom. The number of hydrogen-bond donors (Lipinski definition) is 1. The Morgan fingerprint density at radius 1 is 1.35 bits per heavy atom. The van der Waals surface area contributed by atoms with Gasteiger partial charge in [-0.3, -0.25) is 4.68 Å². The quantitative estimate of drug-likeness (QED) is 0.816. The van der Waals surface area contributed by atoms with Gasteiger partial charge in [0.2, 0.25) is 0 Å². The number of hydrogen-bond acceptors (Lipinski definition) is 3. The van der Waals surface area contributed by atoms with E-state index in [1.807, 2.05) is 23.1 Å². The van der Waals surface area contributed by atoms with Crippen LogP contribution in [-0.2, 0) is 19.5 Å². The molecule has 1 aliphatic heterocycles. The van der Waals surface area contributed by atoms with Crippen LogP contribution in [0.1, 0.15) is 17.5 Å². The fourth-order valence-electron chi connectivity index (χ4n) is 2.76. The zero-order valence-corrected chi connectivity index (χ0v) is 12.0. The van der Waals surface area contributed by atoms with Crippen LogP contribution in [0.2, 0.25) is 0 Å². The van der Waals surface area contributed by atoms with Crippen LogP contribution < -0.4 is 10.2 Å². The summed E-state index contributed by atoms with van der Waals surface area (Å²) in [6.45, 7) is 4.11. The van der Waals surface area contributed by atoms with E-state index in [-0.39, 0.29) is 0 Å². The highest BCUT2D eigenvalue weighted by molar-refractivity contribution is 5.58. The molecular formula is C16H22N4. The summed E-state index contributed by atoms with van der Waals surface area (Å²) in [7, 11) is 2.17. The van der Waals surface area contributed by atoms with Crippen molar-refractivity contribution in [2.45, 2.75) is 25.9 Å². The van der Waals surface area contributed by atoms with Crippen LogP contribution in [-0.4, -0.2) is 29.9 Å². The molecule has 0 saturated carbocycles. The molecule has 1 N–H and O–H groups in total. The fourth-order valence-corrected chi connectivity index (χ4v) is 2.76. The molecule has 0 aliphatic carbocycles. The van der Waals surface area contributed by atoms with Gasteiger partial charge >= 0.3 is 0 Å². The minimum absolute atomic E-state index is 0.954. The molecular weight excluding hydrogens is 248 g/mol. The van der Waals surface area contributed by atoms with Gasteiger partial charge in [-0.25, -0.2) is 0 Å². The van der Waals surface area contributed by atoms with Gasteiger partial charge in [0.25, 0.3) is 0 Å². The van der Waals surface area contributed by atoms with Gasteiger partial charge in [-0.05, 0) is 42.6 Å². The summed E-state index contributed by atoms with van der Waals surface area (Å²) in [5, 5.41) is 7.71. The molecule has 2 heterocycles. The normalized spacial score (nSPS) is 13.8. The van der Waals surface area contributed by atoms with E-state index in [0.717, 1.165) is 32.6 Å². The molecule has 0 saturated heterocycles. The number of fused-ring (bicyclic) bond motifs is 1. The van der Waals surface area contributed by atoms with Crippen molar-refractivity contribution < 1.29 is 0 Å². The van der Waals surface area contributed by atoms with E-state index in [4.69, 9.17) is 0 Å². The maximum Gasteiger partial charge on any atom is 0.0489 e. The maximum absolute atomic E-state index is 4.20. The zero-order chi connectivity index (χ0) is 13.8. The minimum Gasteiger partial charge on any atom is -0.374 e. The van der Waals surface area contributed by atoms with Crippen molar-refractivity contribution in [2.75, 3.05) is 25.0 Å². The average Bonchev–Trinajstić information content (AvgIpc) is 3.09. The average molecular weight is 270 g/mol. The van der Waals surface area contributed by atoms with Crippen molar-refractivity contribution in [1.29, 1.82) is 0 Å². The highest BCUT2D eigenvalue weighted by Crippen LogP contribution is 2.27. The number of benzene rings is 1. The first kappa shape index (κ1) is 13.2. The largest absolute Gasteiger partial charge is 0.374 e. The molecule has 20 heavy (non-hydrogen) atoms. The summed E-state index contributed by atoms with van der Waals surface area (Å²) >= 11 is 0. The van der Waals surface area contributed by atoms with Crippen LogP contribution in [0.5, 0.6) is 0 Å². The number of nitrogens with zero attached hydrogens (tertiary/aromatic N) is 3. The van der Waals surface area contributed by atoms with Gasteiger partial charge in [0.1, 0.15) is 0 Å². The Labute approximate surface area is 120 Å². The van der Waals surface area contributed by atoms with Crippen molar-refractivity contribution in [3.05, 3.63) is 47.8 Å². The molecule has 0 amide bonds. The number of aromatic nitrogens is 2. The van der Waals surface area contributed by atoms with E-state index >= 15 is 0 Å². The molecule has 1 aliphatic rings. The summed E-state index contributed by atoms with van der Waals surface area (Å²) in [6.07, 6.45) is 6.13. The lowest BCUT2D eigenvalue weighted by Crippen LogP contribution is -2.16. The van der Waals surface area contributed by atoms with E-state index in [0.29, 0.717) is 0 Å². The van der Waals surface area contributed by atoms with Gasteiger partial charge in [-0.1, -0.05) is 12.1 Å². The van der Waals surface area contributed by atoms with Crippen LogP contribution in [0.15, 0.2) is 36.7 Å². The molecule has 106 valence electrons. The second-order valence-electron chi connectivity index (χ2n) is 5.43. The van der Waals surface area contributed by atoms with E-state index < -0.39 is 0 Å². The third kappa shape index (κ3) is 3.02.